The molecular formula is C19H25ClN2O3. The van der Waals surface area contributed by atoms with Crippen molar-refractivity contribution in [2.45, 2.75) is 45.6 Å². The summed E-state index contributed by atoms with van der Waals surface area (Å²) in [6, 6.07) is 3.34. The second kappa shape index (κ2) is 7.24. The molecule has 0 saturated heterocycles. The number of benzene rings is 1. The lowest BCUT2D eigenvalue weighted by atomic mass is 9.84. The van der Waals surface area contributed by atoms with Crippen molar-refractivity contribution in [3.63, 3.8) is 0 Å². The van der Waals surface area contributed by atoms with Crippen LogP contribution in [0.3, 0.4) is 0 Å². The zero-order chi connectivity index (χ0) is 18.1. The lowest BCUT2D eigenvalue weighted by Crippen LogP contribution is -2.45. The Morgan fingerprint density at radius 1 is 1.24 bits per heavy atom. The van der Waals surface area contributed by atoms with Crippen molar-refractivity contribution >= 4 is 29.1 Å². The highest BCUT2D eigenvalue weighted by molar-refractivity contribution is 6.40. The molecule has 4 atom stereocenters. The maximum atomic E-state index is 12.3. The molecule has 1 aromatic rings. The first-order chi connectivity index (χ1) is 11.9. The van der Waals surface area contributed by atoms with Crippen LogP contribution in [-0.2, 0) is 9.59 Å². The molecule has 2 N–H and O–H groups in total. The van der Waals surface area contributed by atoms with E-state index in [4.69, 9.17) is 16.3 Å². The van der Waals surface area contributed by atoms with Gasteiger partial charge in [-0.05, 0) is 62.5 Å². The van der Waals surface area contributed by atoms with Gasteiger partial charge in [0, 0.05) is 17.1 Å². The minimum Gasteiger partial charge on any atom is -0.495 e. The molecule has 2 saturated carbocycles. The Morgan fingerprint density at radius 2 is 2.00 bits per heavy atom. The third kappa shape index (κ3) is 3.76. The molecule has 0 spiro atoms. The number of ether oxygens (including phenoxy) is 1. The quantitative estimate of drug-likeness (QED) is 0.803. The highest BCUT2D eigenvalue weighted by Crippen LogP contribution is 2.49. The Balaban J connectivity index is 1.61. The van der Waals surface area contributed by atoms with Crippen LogP contribution in [0.15, 0.2) is 12.1 Å². The average molecular weight is 365 g/mol. The second-order valence-corrected chi connectivity index (χ2v) is 7.76. The van der Waals surface area contributed by atoms with Crippen molar-refractivity contribution in [3.8, 4) is 5.75 Å². The zero-order valence-corrected chi connectivity index (χ0v) is 15.7. The van der Waals surface area contributed by atoms with E-state index < -0.39 is 11.8 Å². The largest absolute Gasteiger partial charge is 0.495 e. The molecule has 2 bridgehead atoms. The predicted molar refractivity (Wildman–Crippen MR) is 97.9 cm³/mol. The summed E-state index contributed by atoms with van der Waals surface area (Å²) in [5.41, 5.74) is 1.24. The Hall–Kier alpha value is -1.75. The molecule has 4 unspecified atom stereocenters. The first-order valence-corrected chi connectivity index (χ1v) is 9.22. The van der Waals surface area contributed by atoms with Crippen molar-refractivity contribution in [2.75, 3.05) is 12.4 Å². The Morgan fingerprint density at radius 3 is 2.60 bits per heavy atom. The number of halogens is 1. The fraction of sp³-hybridized carbons (Fsp3) is 0.579. The Kier molecular flexibility index (Phi) is 5.23. The van der Waals surface area contributed by atoms with E-state index in [0.717, 1.165) is 17.9 Å². The molecule has 6 heteroatoms. The molecule has 3 rings (SSSR count). The SMILES string of the molecule is COc1cc(Cl)c(C)cc1NC(=O)C(=O)NC(C)C1CC2CCC1C2. The van der Waals surface area contributed by atoms with Gasteiger partial charge in [0.05, 0.1) is 12.8 Å². The molecule has 0 radical (unpaired) electrons. The average Bonchev–Trinajstić information content (AvgIpc) is 3.21. The fourth-order valence-electron chi connectivity index (χ4n) is 4.39. The summed E-state index contributed by atoms with van der Waals surface area (Å²) in [5.74, 6) is 1.13. The van der Waals surface area contributed by atoms with Crippen molar-refractivity contribution in [1.29, 1.82) is 0 Å². The van der Waals surface area contributed by atoms with Gasteiger partial charge in [-0.2, -0.15) is 0 Å². The third-order valence-corrected chi connectivity index (χ3v) is 6.14. The number of amides is 2. The van der Waals surface area contributed by atoms with Crippen LogP contribution in [0.2, 0.25) is 5.02 Å². The van der Waals surface area contributed by atoms with Crippen LogP contribution in [0.25, 0.3) is 0 Å². The van der Waals surface area contributed by atoms with Gasteiger partial charge in [-0.25, -0.2) is 0 Å². The van der Waals surface area contributed by atoms with Gasteiger partial charge >= 0.3 is 11.8 Å². The predicted octanol–water partition coefficient (Wildman–Crippen LogP) is 3.54. The van der Waals surface area contributed by atoms with Gasteiger partial charge in [0.1, 0.15) is 5.75 Å². The first kappa shape index (κ1) is 18.1. The van der Waals surface area contributed by atoms with Gasteiger partial charge in [0.2, 0.25) is 0 Å². The number of fused-ring (bicyclic) bond motifs is 2. The molecule has 2 aliphatic rings. The second-order valence-electron chi connectivity index (χ2n) is 7.36. The van der Waals surface area contributed by atoms with Gasteiger partial charge in [0.25, 0.3) is 0 Å². The van der Waals surface area contributed by atoms with E-state index >= 15 is 0 Å². The van der Waals surface area contributed by atoms with Gasteiger partial charge in [0.15, 0.2) is 0 Å². The number of methoxy groups -OCH3 is 1. The van der Waals surface area contributed by atoms with Gasteiger partial charge in [-0.3, -0.25) is 9.59 Å². The molecule has 25 heavy (non-hydrogen) atoms. The number of carbonyl (C=O) groups is 2. The van der Waals surface area contributed by atoms with E-state index in [9.17, 15) is 9.59 Å². The van der Waals surface area contributed by atoms with Crippen LogP contribution in [0.5, 0.6) is 5.75 Å². The van der Waals surface area contributed by atoms with Crippen molar-refractivity contribution in [2.24, 2.45) is 17.8 Å². The Labute approximate surface area is 153 Å². The number of carbonyl (C=O) groups excluding carboxylic acids is 2. The molecular weight excluding hydrogens is 340 g/mol. The number of rotatable bonds is 4. The number of hydrogen-bond acceptors (Lipinski definition) is 3. The lowest BCUT2D eigenvalue weighted by molar-refractivity contribution is -0.136. The number of nitrogens with one attached hydrogen (secondary N) is 2. The number of aryl methyl sites for hydroxylation is 1. The highest BCUT2D eigenvalue weighted by Gasteiger charge is 2.42. The minimum atomic E-state index is -0.685. The van der Waals surface area contributed by atoms with Crippen molar-refractivity contribution in [1.82, 2.24) is 5.32 Å². The standard InChI is InChI=1S/C19H25ClN2O3/c1-10-6-16(17(25-3)9-15(10)20)22-19(24)18(23)21-11(2)14-8-12-4-5-13(14)7-12/h6,9,11-14H,4-5,7-8H2,1-3H3,(H,21,23)(H,22,24). The number of anilines is 1. The molecule has 2 aliphatic carbocycles. The van der Waals surface area contributed by atoms with Crippen LogP contribution < -0.4 is 15.4 Å². The minimum absolute atomic E-state index is 0.0161. The van der Waals surface area contributed by atoms with Crippen LogP contribution in [0, 0.1) is 24.7 Å². The summed E-state index contributed by atoms with van der Waals surface area (Å²) in [4.78, 5) is 24.6. The maximum absolute atomic E-state index is 12.3. The monoisotopic (exact) mass is 364 g/mol. The first-order valence-electron chi connectivity index (χ1n) is 8.85. The summed E-state index contributed by atoms with van der Waals surface area (Å²) >= 11 is 6.06. The lowest BCUT2D eigenvalue weighted by Gasteiger charge is -2.28. The zero-order valence-electron chi connectivity index (χ0n) is 14.9. The van der Waals surface area contributed by atoms with E-state index in [1.807, 2.05) is 13.8 Å². The molecule has 2 fully saturated rings. The summed E-state index contributed by atoms with van der Waals surface area (Å²) < 4.78 is 5.23. The topological polar surface area (TPSA) is 67.4 Å². The summed E-state index contributed by atoms with van der Waals surface area (Å²) in [6.07, 6.45) is 5.01. The highest BCUT2D eigenvalue weighted by atomic mass is 35.5. The summed E-state index contributed by atoms with van der Waals surface area (Å²) in [7, 11) is 1.49. The summed E-state index contributed by atoms with van der Waals surface area (Å²) in [6.45, 7) is 3.83. The molecule has 0 aliphatic heterocycles. The molecule has 5 nitrogen and oxygen atoms in total. The smallest absolute Gasteiger partial charge is 0.313 e. The van der Waals surface area contributed by atoms with E-state index in [-0.39, 0.29) is 6.04 Å². The van der Waals surface area contributed by atoms with Crippen LogP contribution >= 0.6 is 11.6 Å². The molecule has 0 aromatic heterocycles. The van der Waals surface area contributed by atoms with E-state index in [2.05, 4.69) is 10.6 Å². The van der Waals surface area contributed by atoms with Crippen molar-refractivity contribution < 1.29 is 14.3 Å². The van der Waals surface area contributed by atoms with Crippen LogP contribution in [0.4, 0.5) is 5.69 Å². The van der Waals surface area contributed by atoms with Crippen LogP contribution in [-0.4, -0.2) is 25.0 Å². The van der Waals surface area contributed by atoms with E-state index in [1.165, 1.54) is 26.4 Å². The normalized spacial score (nSPS) is 25.5. The van der Waals surface area contributed by atoms with Gasteiger partial charge in [-0.15, -0.1) is 0 Å². The third-order valence-electron chi connectivity index (χ3n) is 5.73. The number of hydrogen-bond donors (Lipinski definition) is 2. The van der Waals surface area contributed by atoms with E-state index in [1.54, 1.807) is 12.1 Å². The summed E-state index contributed by atoms with van der Waals surface area (Å²) in [5, 5.41) is 6.04. The molecule has 1 aromatic carbocycles. The van der Waals surface area contributed by atoms with Crippen LogP contribution in [0.1, 0.15) is 38.2 Å². The van der Waals surface area contributed by atoms with E-state index in [0.29, 0.717) is 28.3 Å². The van der Waals surface area contributed by atoms with Gasteiger partial charge < -0.3 is 15.4 Å². The fourth-order valence-corrected chi connectivity index (χ4v) is 4.55. The van der Waals surface area contributed by atoms with Gasteiger partial charge in [-0.1, -0.05) is 18.0 Å². The molecule has 2 amide bonds. The van der Waals surface area contributed by atoms with Crippen molar-refractivity contribution in [3.05, 3.63) is 22.7 Å². The molecule has 0 heterocycles. The maximum Gasteiger partial charge on any atom is 0.313 e. The Bertz CT molecular complexity index is 691. The molecule has 136 valence electrons.